The largest absolute Gasteiger partial charge is 0.472 e. The zero-order chi connectivity index (χ0) is 73.7. The van der Waals surface area contributed by atoms with E-state index in [1.807, 2.05) is 0 Å². The number of unbranched alkanes of at least 4 members (excludes halogenated alkanes) is 45. The molecular weight excluding hydrogens is 1310 g/mol. The molecule has 0 saturated carbocycles. The van der Waals surface area contributed by atoms with E-state index in [0.717, 1.165) is 108 Å². The molecule has 0 radical (unpaired) electrons. The molecule has 0 aliphatic rings. The van der Waals surface area contributed by atoms with Gasteiger partial charge in [0.2, 0.25) is 0 Å². The highest BCUT2D eigenvalue weighted by Crippen LogP contribution is 2.45. The molecule has 17 nitrogen and oxygen atoms in total. The van der Waals surface area contributed by atoms with Crippen molar-refractivity contribution in [1.82, 2.24) is 0 Å². The number of hydrogen-bond donors (Lipinski definition) is 3. The Kier molecular flexibility index (Phi) is 69.9. The summed E-state index contributed by atoms with van der Waals surface area (Å²) in [5, 5.41) is 10.6. The normalized spacial score (nSPS) is 14.5. The molecule has 0 aliphatic carbocycles. The topological polar surface area (TPSA) is 237 Å². The van der Waals surface area contributed by atoms with Gasteiger partial charge in [-0.25, -0.2) is 9.13 Å². The summed E-state index contributed by atoms with van der Waals surface area (Å²) in [6.07, 6.45) is 59.5. The number of aliphatic hydroxyl groups excluding tert-OH is 1. The first kappa shape index (κ1) is 98.1. The molecule has 3 N–H and O–H groups in total. The van der Waals surface area contributed by atoms with Gasteiger partial charge in [-0.1, -0.05) is 370 Å². The minimum atomic E-state index is -4.96. The predicted octanol–water partition coefficient (Wildman–Crippen LogP) is 24.1. The maximum atomic E-state index is 13.1. The van der Waals surface area contributed by atoms with Crippen LogP contribution in [0.3, 0.4) is 0 Å². The number of ether oxygens (including phenoxy) is 4. The van der Waals surface area contributed by atoms with Gasteiger partial charge in [-0.05, 0) is 43.4 Å². The Hall–Kier alpha value is -1.94. The van der Waals surface area contributed by atoms with Crippen LogP contribution >= 0.6 is 15.6 Å². The summed E-state index contributed by atoms with van der Waals surface area (Å²) in [6.45, 7) is 12.0. The van der Waals surface area contributed by atoms with E-state index in [1.165, 1.54) is 231 Å². The third-order valence-corrected chi connectivity index (χ3v) is 21.5. The van der Waals surface area contributed by atoms with Crippen molar-refractivity contribution in [1.29, 1.82) is 0 Å². The number of carbonyl (C=O) groups is 4. The van der Waals surface area contributed by atoms with Crippen molar-refractivity contribution >= 4 is 39.5 Å². The monoisotopic (exact) mass is 1470 g/mol. The molecule has 0 aliphatic heterocycles. The highest BCUT2D eigenvalue weighted by atomic mass is 31.2. The molecular formula is C81H158O17P2. The van der Waals surface area contributed by atoms with Crippen molar-refractivity contribution in [3.05, 3.63) is 0 Å². The van der Waals surface area contributed by atoms with Crippen molar-refractivity contribution < 1.29 is 80.2 Å². The van der Waals surface area contributed by atoms with Crippen LogP contribution in [0.15, 0.2) is 0 Å². The molecule has 0 spiro atoms. The van der Waals surface area contributed by atoms with Gasteiger partial charge in [-0.3, -0.25) is 37.3 Å². The minimum Gasteiger partial charge on any atom is -0.462 e. The van der Waals surface area contributed by atoms with E-state index in [2.05, 4.69) is 48.5 Å². The molecule has 0 saturated heterocycles. The number of carbonyl (C=O) groups excluding carboxylic acids is 4. The summed E-state index contributed by atoms with van der Waals surface area (Å²) in [6, 6.07) is 0. The lowest BCUT2D eigenvalue weighted by atomic mass is 9.99. The lowest BCUT2D eigenvalue weighted by Crippen LogP contribution is -2.30. The van der Waals surface area contributed by atoms with Crippen LogP contribution in [0, 0.1) is 17.8 Å². The number of phosphoric ester groups is 2. The molecule has 19 heteroatoms. The SMILES string of the molecule is CCCCCCCCCCCCCCCCCCCCCCC(=O)O[C@H](COC(=O)CCCCCCCCCCCCC(C)CC)COP(=O)(O)OC[C@@H](O)COP(=O)(O)OC[C@@H](COC(=O)CCCCCCCCCCCC(C)C)OC(=O)CCCCCCCCCCCCC(C)CC. The Labute approximate surface area is 613 Å². The van der Waals surface area contributed by atoms with E-state index in [-0.39, 0.29) is 25.7 Å². The third kappa shape index (κ3) is 71.7. The predicted molar refractivity (Wildman–Crippen MR) is 409 cm³/mol. The molecule has 594 valence electrons. The second-order valence-corrected chi connectivity index (χ2v) is 33.0. The number of esters is 4. The number of aliphatic hydroxyl groups is 1. The highest BCUT2D eigenvalue weighted by Gasteiger charge is 2.30. The van der Waals surface area contributed by atoms with Gasteiger partial charge in [0.05, 0.1) is 26.4 Å². The van der Waals surface area contributed by atoms with E-state index >= 15 is 0 Å². The van der Waals surface area contributed by atoms with Gasteiger partial charge in [-0.2, -0.15) is 0 Å². The van der Waals surface area contributed by atoms with Gasteiger partial charge in [0.15, 0.2) is 12.2 Å². The van der Waals surface area contributed by atoms with Crippen molar-refractivity contribution in [3.8, 4) is 0 Å². The van der Waals surface area contributed by atoms with Crippen LogP contribution in [0.1, 0.15) is 421 Å². The summed E-state index contributed by atoms with van der Waals surface area (Å²) >= 11 is 0. The quantitative estimate of drug-likeness (QED) is 0.0222. The van der Waals surface area contributed by atoms with Crippen LogP contribution < -0.4 is 0 Å². The van der Waals surface area contributed by atoms with Gasteiger partial charge < -0.3 is 33.8 Å². The summed E-state index contributed by atoms with van der Waals surface area (Å²) < 4.78 is 68.7. The molecule has 0 aromatic carbocycles. The van der Waals surface area contributed by atoms with Crippen LogP contribution in [-0.2, 0) is 65.4 Å². The lowest BCUT2D eigenvalue weighted by Gasteiger charge is -2.21. The van der Waals surface area contributed by atoms with Gasteiger partial charge >= 0.3 is 39.5 Å². The smallest absolute Gasteiger partial charge is 0.462 e. The molecule has 100 heavy (non-hydrogen) atoms. The Bertz CT molecular complexity index is 1940. The maximum Gasteiger partial charge on any atom is 0.472 e. The number of hydrogen-bond acceptors (Lipinski definition) is 15. The van der Waals surface area contributed by atoms with Crippen LogP contribution in [0.2, 0.25) is 0 Å². The first-order valence-electron chi connectivity index (χ1n) is 41.9. The van der Waals surface area contributed by atoms with Crippen molar-refractivity contribution in [2.45, 2.75) is 439 Å². The van der Waals surface area contributed by atoms with Gasteiger partial charge in [0.1, 0.15) is 19.3 Å². The summed E-state index contributed by atoms with van der Waals surface area (Å²) in [4.78, 5) is 73.1. The minimum absolute atomic E-state index is 0.106. The van der Waals surface area contributed by atoms with E-state index < -0.39 is 97.5 Å². The van der Waals surface area contributed by atoms with E-state index in [4.69, 9.17) is 37.0 Å². The number of phosphoric acid groups is 2. The van der Waals surface area contributed by atoms with E-state index in [9.17, 15) is 43.2 Å². The zero-order valence-electron chi connectivity index (χ0n) is 65.7. The second-order valence-electron chi connectivity index (χ2n) is 30.1. The third-order valence-electron chi connectivity index (χ3n) is 19.6. The second kappa shape index (κ2) is 71.3. The van der Waals surface area contributed by atoms with Gasteiger partial charge in [0.25, 0.3) is 0 Å². The van der Waals surface area contributed by atoms with Crippen molar-refractivity contribution in [3.63, 3.8) is 0 Å². The van der Waals surface area contributed by atoms with E-state index in [0.29, 0.717) is 25.7 Å². The fourth-order valence-electron chi connectivity index (χ4n) is 12.4. The zero-order valence-corrected chi connectivity index (χ0v) is 67.5. The molecule has 0 heterocycles. The van der Waals surface area contributed by atoms with Crippen LogP contribution in [0.25, 0.3) is 0 Å². The maximum absolute atomic E-state index is 13.1. The molecule has 0 aromatic rings. The standard InChI is InChI=1S/C81H158O17P2/c1-8-11-12-13-14-15-16-17-18-19-20-21-22-23-24-25-35-43-50-57-64-80(85)97-76(68-91-78(83)62-55-48-41-34-28-26-32-39-46-53-60-73(6)9-2)70-95-99(87,88)93-66-75(82)67-94-100(89,90)96-71-77(69-92-79(84)63-56-49-42-37-30-31-38-45-52-59-72(4)5)98-81(86)65-58-51-44-36-29-27-33-40-47-54-61-74(7)10-3/h72-77,82H,8-71H2,1-7H3,(H,87,88)(H,89,90)/t73?,74?,75-,76-,77-/m1/s1. The van der Waals surface area contributed by atoms with Gasteiger partial charge in [-0.15, -0.1) is 0 Å². The molecule has 0 aromatic heterocycles. The average Bonchev–Trinajstić information content (AvgIpc) is 1.06. The lowest BCUT2D eigenvalue weighted by molar-refractivity contribution is -0.161. The van der Waals surface area contributed by atoms with Crippen LogP contribution in [0.5, 0.6) is 0 Å². The molecule has 0 amide bonds. The highest BCUT2D eigenvalue weighted by molar-refractivity contribution is 7.47. The Morgan fingerprint density at radius 1 is 0.290 bits per heavy atom. The first-order valence-corrected chi connectivity index (χ1v) is 44.9. The Morgan fingerprint density at radius 2 is 0.510 bits per heavy atom. The number of rotatable bonds is 79. The van der Waals surface area contributed by atoms with Crippen molar-refractivity contribution in [2.75, 3.05) is 39.6 Å². The fourth-order valence-corrected chi connectivity index (χ4v) is 14.0. The van der Waals surface area contributed by atoms with Crippen LogP contribution in [0.4, 0.5) is 0 Å². The van der Waals surface area contributed by atoms with E-state index in [1.54, 1.807) is 0 Å². The molecule has 0 rings (SSSR count). The van der Waals surface area contributed by atoms with Gasteiger partial charge in [0, 0.05) is 25.7 Å². The van der Waals surface area contributed by atoms with Crippen LogP contribution in [-0.4, -0.2) is 96.7 Å². The Balaban J connectivity index is 5.26. The first-order chi connectivity index (χ1) is 48.3. The molecule has 7 atom stereocenters. The molecule has 0 bridgehead atoms. The fraction of sp³-hybridized carbons (Fsp3) is 0.951. The molecule has 4 unspecified atom stereocenters. The summed E-state index contributed by atoms with van der Waals surface area (Å²) in [5.41, 5.74) is 0. The Morgan fingerprint density at radius 3 is 0.760 bits per heavy atom. The summed E-state index contributed by atoms with van der Waals surface area (Å²) in [7, 11) is -9.92. The molecule has 0 fully saturated rings. The summed E-state index contributed by atoms with van der Waals surface area (Å²) in [5.74, 6) is 0.245. The van der Waals surface area contributed by atoms with Crippen molar-refractivity contribution in [2.24, 2.45) is 17.8 Å². The average molecular weight is 1470 g/mol.